The Morgan fingerprint density at radius 1 is 1.13 bits per heavy atom. The van der Waals surface area contributed by atoms with E-state index in [1.54, 1.807) is 6.33 Å². The summed E-state index contributed by atoms with van der Waals surface area (Å²) < 4.78 is 5.84. The van der Waals surface area contributed by atoms with Crippen LogP contribution in [0.25, 0.3) is 11.0 Å². The van der Waals surface area contributed by atoms with Gasteiger partial charge in [0, 0.05) is 6.04 Å². The number of para-hydroxylation sites is 1. The number of hydrogen-bond donors (Lipinski definition) is 2. The summed E-state index contributed by atoms with van der Waals surface area (Å²) in [6.45, 7) is 0. The van der Waals surface area contributed by atoms with Gasteiger partial charge in [-0.15, -0.1) is 0 Å². The number of carbonyl (C=O) groups is 1. The number of hydrogen-bond acceptors (Lipinski definition) is 3. The van der Waals surface area contributed by atoms with Crippen molar-refractivity contribution in [1.29, 1.82) is 0 Å². The molecule has 124 valence electrons. The third kappa shape index (κ3) is 4.24. The van der Waals surface area contributed by atoms with E-state index in [2.05, 4.69) is 15.3 Å². The van der Waals surface area contributed by atoms with E-state index in [0.29, 0.717) is 12.1 Å². The second kappa shape index (κ2) is 7.99. The van der Waals surface area contributed by atoms with Crippen LogP contribution in [0.2, 0.25) is 0 Å². The number of aromatic nitrogens is 2. The van der Waals surface area contributed by atoms with Crippen LogP contribution in [0.15, 0.2) is 24.5 Å². The number of H-pyrrole nitrogens is 1. The molecule has 1 aromatic heterocycles. The minimum Gasteiger partial charge on any atom is -0.488 e. The van der Waals surface area contributed by atoms with Gasteiger partial charge in [0.1, 0.15) is 11.3 Å². The van der Waals surface area contributed by atoms with E-state index in [4.69, 9.17) is 4.74 Å². The highest BCUT2D eigenvalue weighted by molar-refractivity contribution is 5.81. The molecule has 23 heavy (non-hydrogen) atoms. The molecule has 0 bridgehead atoms. The Hall–Kier alpha value is -2.04. The van der Waals surface area contributed by atoms with Crippen LogP contribution in [0.5, 0.6) is 5.75 Å². The van der Waals surface area contributed by atoms with Crippen molar-refractivity contribution in [3.63, 3.8) is 0 Å². The molecule has 5 heteroatoms. The molecular weight excluding hydrogens is 290 g/mol. The fraction of sp³-hybridized carbons (Fsp3) is 0.556. The van der Waals surface area contributed by atoms with Crippen LogP contribution in [0.1, 0.15) is 51.4 Å². The molecule has 5 nitrogen and oxygen atoms in total. The largest absolute Gasteiger partial charge is 0.488 e. The summed E-state index contributed by atoms with van der Waals surface area (Å²) >= 11 is 0. The SMILES string of the molecule is O=CNC1CCCCC1.c1cc(OC2CCC2)c2nc[nH]c2c1. The van der Waals surface area contributed by atoms with Crippen molar-refractivity contribution in [1.82, 2.24) is 15.3 Å². The van der Waals surface area contributed by atoms with Gasteiger partial charge in [-0.2, -0.15) is 0 Å². The van der Waals surface area contributed by atoms with Gasteiger partial charge in [0.25, 0.3) is 0 Å². The second-order valence-electron chi connectivity index (χ2n) is 6.35. The van der Waals surface area contributed by atoms with Gasteiger partial charge in [0.15, 0.2) is 0 Å². The Morgan fingerprint density at radius 2 is 1.96 bits per heavy atom. The van der Waals surface area contributed by atoms with E-state index < -0.39 is 0 Å². The summed E-state index contributed by atoms with van der Waals surface area (Å²) in [4.78, 5) is 17.3. The van der Waals surface area contributed by atoms with Crippen LogP contribution in [-0.4, -0.2) is 28.5 Å². The molecule has 0 radical (unpaired) electrons. The normalized spacial score (nSPS) is 18.6. The van der Waals surface area contributed by atoms with Crippen LogP contribution >= 0.6 is 0 Å². The zero-order chi connectivity index (χ0) is 15.9. The standard InChI is InChI=1S/C11H12N2O.C7H13NO/c1-3-8(4-1)14-10-6-2-5-9-11(10)13-7-12-9;9-6-8-7-4-2-1-3-5-7/h2,5-8H,1,3-4H2,(H,12,13);6-7H,1-5H2,(H,8,9). The number of rotatable bonds is 4. The van der Waals surface area contributed by atoms with Crippen molar-refractivity contribution in [2.24, 2.45) is 0 Å². The van der Waals surface area contributed by atoms with Gasteiger partial charge in [-0.1, -0.05) is 25.3 Å². The van der Waals surface area contributed by atoms with Crippen LogP contribution in [0.4, 0.5) is 0 Å². The van der Waals surface area contributed by atoms with Crippen molar-refractivity contribution in [2.75, 3.05) is 0 Å². The Balaban J connectivity index is 0.000000151. The van der Waals surface area contributed by atoms with Crippen LogP contribution in [0, 0.1) is 0 Å². The topological polar surface area (TPSA) is 67.0 Å². The molecule has 0 unspecified atom stereocenters. The molecule has 1 amide bonds. The number of fused-ring (bicyclic) bond motifs is 1. The van der Waals surface area contributed by atoms with Gasteiger partial charge in [0.05, 0.1) is 17.9 Å². The lowest BCUT2D eigenvalue weighted by molar-refractivity contribution is -0.110. The van der Waals surface area contributed by atoms with Crippen molar-refractivity contribution >= 4 is 17.4 Å². The van der Waals surface area contributed by atoms with Gasteiger partial charge in [-0.05, 0) is 44.2 Å². The zero-order valence-electron chi connectivity index (χ0n) is 13.5. The molecule has 2 N–H and O–H groups in total. The fourth-order valence-corrected chi connectivity index (χ4v) is 3.07. The number of nitrogens with one attached hydrogen (secondary N) is 2. The minimum absolute atomic E-state index is 0.414. The van der Waals surface area contributed by atoms with Crippen LogP contribution in [-0.2, 0) is 4.79 Å². The van der Waals surface area contributed by atoms with Crippen molar-refractivity contribution in [3.05, 3.63) is 24.5 Å². The minimum atomic E-state index is 0.414. The zero-order valence-corrected chi connectivity index (χ0v) is 13.5. The highest BCUT2D eigenvalue weighted by Crippen LogP contribution is 2.29. The predicted molar refractivity (Wildman–Crippen MR) is 90.4 cm³/mol. The summed E-state index contributed by atoms with van der Waals surface area (Å²) in [6.07, 6.45) is 12.9. The first-order valence-electron chi connectivity index (χ1n) is 8.65. The van der Waals surface area contributed by atoms with Gasteiger partial charge < -0.3 is 15.0 Å². The van der Waals surface area contributed by atoms with E-state index in [1.165, 1.54) is 51.4 Å². The van der Waals surface area contributed by atoms with E-state index >= 15 is 0 Å². The summed E-state index contributed by atoms with van der Waals surface area (Å²) in [7, 11) is 0. The quantitative estimate of drug-likeness (QED) is 0.848. The highest BCUT2D eigenvalue weighted by atomic mass is 16.5. The van der Waals surface area contributed by atoms with Gasteiger partial charge in [-0.3, -0.25) is 4.79 Å². The number of imidazole rings is 1. The summed E-state index contributed by atoms with van der Waals surface area (Å²) in [6, 6.07) is 6.47. The molecule has 2 aliphatic rings. The predicted octanol–water partition coefficient (Wildman–Crippen LogP) is 3.56. The number of nitrogens with zero attached hydrogens (tertiary/aromatic N) is 1. The first-order chi connectivity index (χ1) is 11.4. The maximum absolute atomic E-state index is 9.96. The molecule has 1 heterocycles. The van der Waals surface area contributed by atoms with E-state index in [-0.39, 0.29) is 0 Å². The monoisotopic (exact) mass is 315 g/mol. The number of ether oxygens (including phenoxy) is 1. The van der Waals surface area contributed by atoms with E-state index in [9.17, 15) is 4.79 Å². The molecule has 0 aliphatic heterocycles. The van der Waals surface area contributed by atoms with Crippen molar-refractivity contribution in [2.45, 2.75) is 63.5 Å². The lowest BCUT2D eigenvalue weighted by atomic mass is 9.96. The first kappa shape index (κ1) is 15.8. The average molecular weight is 315 g/mol. The number of aromatic amines is 1. The van der Waals surface area contributed by atoms with Crippen molar-refractivity contribution < 1.29 is 9.53 Å². The summed E-state index contributed by atoms with van der Waals surface area (Å²) in [5.74, 6) is 0.911. The molecule has 2 aliphatic carbocycles. The first-order valence-corrected chi connectivity index (χ1v) is 8.65. The Kier molecular flexibility index (Phi) is 5.51. The van der Waals surface area contributed by atoms with Gasteiger partial charge in [0.2, 0.25) is 6.41 Å². The van der Waals surface area contributed by atoms with Gasteiger partial charge in [-0.25, -0.2) is 4.98 Å². The molecule has 4 rings (SSSR count). The fourth-order valence-electron chi connectivity index (χ4n) is 3.07. The maximum Gasteiger partial charge on any atom is 0.207 e. The number of benzene rings is 1. The molecule has 1 aromatic carbocycles. The summed E-state index contributed by atoms with van der Waals surface area (Å²) in [5.41, 5.74) is 1.99. The highest BCUT2D eigenvalue weighted by Gasteiger charge is 2.20. The molecule has 2 aromatic rings. The average Bonchev–Trinajstić information content (AvgIpc) is 3.02. The third-order valence-electron chi connectivity index (χ3n) is 4.67. The summed E-state index contributed by atoms with van der Waals surface area (Å²) in [5, 5.41) is 2.80. The van der Waals surface area contributed by atoms with E-state index in [1.807, 2.05) is 18.2 Å². The Labute approximate surface area is 136 Å². The van der Waals surface area contributed by atoms with Crippen molar-refractivity contribution in [3.8, 4) is 5.75 Å². The number of amides is 1. The Bertz CT molecular complexity index is 616. The van der Waals surface area contributed by atoms with Crippen LogP contribution in [0.3, 0.4) is 0 Å². The molecule has 0 atom stereocenters. The molecule has 0 saturated heterocycles. The number of carbonyl (C=O) groups excluding carboxylic acids is 1. The smallest absolute Gasteiger partial charge is 0.207 e. The van der Waals surface area contributed by atoms with E-state index in [0.717, 1.165) is 23.2 Å². The lowest BCUT2D eigenvalue weighted by Crippen LogP contribution is -2.29. The molecule has 0 spiro atoms. The lowest BCUT2D eigenvalue weighted by Gasteiger charge is -2.26. The van der Waals surface area contributed by atoms with Crippen LogP contribution < -0.4 is 10.1 Å². The maximum atomic E-state index is 9.96. The van der Waals surface area contributed by atoms with Gasteiger partial charge >= 0.3 is 0 Å². The Morgan fingerprint density at radius 3 is 2.65 bits per heavy atom. The molecule has 2 saturated carbocycles. The second-order valence-corrected chi connectivity index (χ2v) is 6.35. The third-order valence-corrected chi connectivity index (χ3v) is 4.67. The molecular formula is C18H25N3O2. The molecule has 2 fully saturated rings.